The van der Waals surface area contributed by atoms with Crippen molar-refractivity contribution in [1.82, 2.24) is 9.91 Å². The molecule has 2 aliphatic heterocycles. The molecule has 6 amide bonds. The first kappa shape index (κ1) is 27.6. The second-order valence-corrected chi connectivity index (χ2v) is 12.0. The van der Waals surface area contributed by atoms with Crippen LogP contribution in [0.2, 0.25) is 0 Å². The van der Waals surface area contributed by atoms with Crippen molar-refractivity contribution in [2.24, 2.45) is 29.4 Å². The van der Waals surface area contributed by atoms with E-state index in [1.165, 1.54) is 6.07 Å². The molecule has 6 atom stereocenters. The summed E-state index contributed by atoms with van der Waals surface area (Å²) in [4.78, 5) is 68.9. The molecule has 44 heavy (non-hydrogen) atoms. The number of phenols is 1. The maximum absolute atomic E-state index is 14.9. The van der Waals surface area contributed by atoms with Crippen LogP contribution in [0.5, 0.6) is 5.75 Å². The molecule has 2 heterocycles. The molecule has 3 aromatic rings. The van der Waals surface area contributed by atoms with Crippen molar-refractivity contribution >= 4 is 35.3 Å². The normalized spacial score (nSPS) is 29.2. The fraction of sp³-hybridized carbons (Fsp3) is 0.265. The lowest BCUT2D eigenvalue weighted by molar-refractivity contribution is -0.139. The van der Waals surface area contributed by atoms with Gasteiger partial charge < -0.3 is 10.8 Å². The van der Waals surface area contributed by atoms with Gasteiger partial charge in [-0.2, -0.15) is 9.91 Å². The molecule has 1 saturated carbocycles. The number of amides is 6. The molecule has 0 unspecified atom stereocenters. The minimum Gasteiger partial charge on any atom is -0.508 e. The second-order valence-electron chi connectivity index (χ2n) is 12.0. The van der Waals surface area contributed by atoms with Crippen LogP contribution >= 0.6 is 0 Å². The summed E-state index contributed by atoms with van der Waals surface area (Å²) >= 11 is 0. The molecule has 4 aliphatic rings. The molecule has 0 aromatic heterocycles. The monoisotopic (exact) mass is 590 g/mol. The highest BCUT2D eigenvalue weighted by Crippen LogP contribution is 2.64. The van der Waals surface area contributed by atoms with Crippen molar-refractivity contribution in [2.45, 2.75) is 31.1 Å². The van der Waals surface area contributed by atoms with Gasteiger partial charge >= 0.3 is 6.03 Å². The number of nitrogens with zero attached hydrogens (tertiary/aromatic N) is 2. The minimum atomic E-state index is -1.49. The molecule has 7 rings (SSSR count). The van der Waals surface area contributed by atoms with E-state index in [0.29, 0.717) is 27.3 Å². The van der Waals surface area contributed by atoms with Crippen molar-refractivity contribution in [3.8, 4) is 5.75 Å². The molecule has 222 valence electrons. The molecule has 0 radical (unpaired) electrons. The van der Waals surface area contributed by atoms with E-state index in [9.17, 15) is 29.1 Å². The van der Waals surface area contributed by atoms with Crippen molar-refractivity contribution in [3.63, 3.8) is 0 Å². The lowest BCUT2D eigenvalue weighted by atomic mass is 9.49. The highest BCUT2D eigenvalue weighted by molar-refractivity contribution is 6.17. The number of imide groups is 4. The molecule has 2 aliphatic carbocycles. The summed E-state index contributed by atoms with van der Waals surface area (Å²) in [6.07, 6.45) is 2.08. The summed E-state index contributed by atoms with van der Waals surface area (Å²) in [5.74, 6) is -6.60. The molecule has 2 saturated heterocycles. The van der Waals surface area contributed by atoms with Gasteiger partial charge in [0.05, 0.1) is 28.9 Å². The fourth-order valence-electron chi connectivity index (χ4n) is 8.04. The highest BCUT2D eigenvalue weighted by atomic mass is 16.3. The first-order chi connectivity index (χ1) is 21.2. The number of carbonyl (C=O) groups excluding carboxylic acids is 5. The van der Waals surface area contributed by atoms with Crippen LogP contribution in [0.25, 0.3) is 0 Å². The lowest BCUT2D eigenvalue weighted by Gasteiger charge is -2.50. The Bertz CT molecular complexity index is 1770. The number of fused-ring (bicyclic) bond motifs is 4. The molecule has 10 nitrogen and oxygen atoms in total. The van der Waals surface area contributed by atoms with Gasteiger partial charge in [-0.1, -0.05) is 77.9 Å². The number of urea groups is 1. The van der Waals surface area contributed by atoms with Gasteiger partial charge in [-0.25, -0.2) is 4.79 Å². The largest absolute Gasteiger partial charge is 0.508 e. The number of carbonyl (C=O) groups is 5. The Morgan fingerprint density at radius 3 is 2.25 bits per heavy atom. The molecular formula is C34H30N4O6. The first-order valence-electron chi connectivity index (χ1n) is 14.6. The van der Waals surface area contributed by atoms with E-state index in [4.69, 9.17) is 5.73 Å². The maximum atomic E-state index is 14.9. The van der Waals surface area contributed by atoms with E-state index in [1.807, 2.05) is 43.3 Å². The molecule has 3 aromatic carbocycles. The summed E-state index contributed by atoms with van der Waals surface area (Å²) in [6.45, 7) is 1.93. The Hall–Kier alpha value is -5.25. The van der Waals surface area contributed by atoms with Gasteiger partial charge in [-0.05, 0) is 49.4 Å². The number of benzene rings is 3. The topological polar surface area (TPSA) is 150 Å². The summed E-state index contributed by atoms with van der Waals surface area (Å²) < 4.78 is 0. The van der Waals surface area contributed by atoms with E-state index < -0.39 is 64.7 Å². The third-order valence-corrected chi connectivity index (χ3v) is 9.86. The van der Waals surface area contributed by atoms with Gasteiger partial charge in [-0.15, -0.1) is 0 Å². The van der Waals surface area contributed by atoms with E-state index >= 15 is 0 Å². The maximum Gasteiger partial charge on any atom is 0.328 e. The highest BCUT2D eigenvalue weighted by Gasteiger charge is 2.70. The van der Waals surface area contributed by atoms with Crippen molar-refractivity contribution in [1.29, 1.82) is 0 Å². The predicted molar refractivity (Wildman–Crippen MR) is 158 cm³/mol. The number of nitrogens with two attached hydrogens (primary N) is 1. The number of hydrogen-bond donors (Lipinski definition) is 3. The number of likely N-dealkylation sites (tertiary alicyclic amines) is 1. The number of primary amides is 1. The Morgan fingerprint density at radius 2 is 1.57 bits per heavy atom. The van der Waals surface area contributed by atoms with Crippen molar-refractivity contribution in [3.05, 3.63) is 107 Å². The van der Waals surface area contributed by atoms with Crippen LogP contribution in [0.15, 0.2) is 90.5 Å². The van der Waals surface area contributed by atoms with Crippen LogP contribution in [0.3, 0.4) is 0 Å². The zero-order valence-electron chi connectivity index (χ0n) is 23.8. The first-order valence-corrected chi connectivity index (χ1v) is 14.6. The second kappa shape index (κ2) is 9.90. The Kier molecular flexibility index (Phi) is 6.21. The van der Waals surface area contributed by atoms with Crippen LogP contribution in [0.4, 0.5) is 10.5 Å². The van der Waals surface area contributed by atoms with Crippen LogP contribution in [-0.2, 0) is 24.6 Å². The number of nitrogens with one attached hydrogen (secondary N) is 1. The van der Waals surface area contributed by atoms with E-state index in [1.54, 1.807) is 42.5 Å². The minimum absolute atomic E-state index is 0.0620. The SMILES string of the molecule is Cc1ccc(NN2C(=O)[C@@H]3C[C@@H]4C(=CC[C@@H]5C(=O)N(C(N)=O)C(=O)[C@@H]54)[C@H](c4ccccc4O)[C@]3(c3ccccc3)C2=O)cc1. The van der Waals surface area contributed by atoms with E-state index in [-0.39, 0.29) is 18.6 Å². The van der Waals surface area contributed by atoms with Crippen LogP contribution in [0.1, 0.15) is 35.4 Å². The Balaban J connectivity index is 1.46. The third-order valence-electron chi connectivity index (χ3n) is 9.86. The number of rotatable bonds is 4. The zero-order chi connectivity index (χ0) is 30.9. The number of hydrazine groups is 1. The summed E-state index contributed by atoms with van der Waals surface area (Å²) in [7, 11) is 0. The van der Waals surface area contributed by atoms with Crippen LogP contribution in [0, 0.1) is 30.6 Å². The van der Waals surface area contributed by atoms with E-state index in [2.05, 4.69) is 5.43 Å². The summed E-state index contributed by atoms with van der Waals surface area (Å²) in [6, 6.07) is 21.9. The van der Waals surface area contributed by atoms with Gasteiger partial charge in [0, 0.05) is 11.5 Å². The molecular weight excluding hydrogens is 560 g/mol. The molecule has 4 N–H and O–H groups in total. The number of para-hydroxylation sites is 1. The van der Waals surface area contributed by atoms with Crippen LogP contribution < -0.4 is 11.2 Å². The predicted octanol–water partition coefficient (Wildman–Crippen LogP) is 3.76. The molecule has 0 spiro atoms. The molecule has 0 bridgehead atoms. The fourth-order valence-corrected chi connectivity index (χ4v) is 8.04. The van der Waals surface area contributed by atoms with E-state index in [0.717, 1.165) is 10.6 Å². The number of anilines is 1. The standard InChI is InChI=1S/C34H30N4O6/c1-18-11-13-20(14-12-18)36-38-30(41)25-17-24-21(15-16-23-27(24)31(42)37(29(23)40)33(35)44)28(22-9-5-6-10-26(22)39)34(25,32(38)43)19-7-3-2-4-8-19/h2-15,23-25,27-28,36,39H,16-17H2,1H3,(H2,35,44)/t23-,24+,25-,27-,28+,34+/m0/s1. The number of aromatic hydroxyl groups is 1. The Morgan fingerprint density at radius 1 is 0.886 bits per heavy atom. The van der Waals surface area contributed by atoms with Gasteiger partial charge in [-0.3, -0.25) is 24.6 Å². The molecule has 10 heteroatoms. The van der Waals surface area contributed by atoms with Crippen molar-refractivity contribution in [2.75, 3.05) is 5.43 Å². The third kappa shape index (κ3) is 3.69. The van der Waals surface area contributed by atoms with Gasteiger partial charge in [0.2, 0.25) is 11.8 Å². The van der Waals surface area contributed by atoms with Crippen molar-refractivity contribution < 1.29 is 29.1 Å². The zero-order valence-corrected chi connectivity index (χ0v) is 23.8. The van der Waals surface area contributed by atoms with Gasteiger partial charge in [0.1, 0.15) is 5.75 Å². The molecule has 3 fully saturated rings. The van der Waals surface area contributed by atoms with Gasteiger partial charge in [0.15, 0.2) is 0 Å². The lowest BCUT2D eigenvalue weighted by Crippen LogP contribution is -2.53. The number of phenolic OH excluding ortho intramolecular Hbond substituents is 1. The van der Waals surface area contributed by atoms with Gasteiger partial charge in [0.25, 0.3) is 11.8 Å². The quantitative estimate of drug-likeness (QED) is 0.309. The summed E-state index contributed by atoms with van der Waals surface area (Å²) in [5.41, 5.74) is 10.2. The smallest absolute Gasteiger partial charge is 0.328 e. The number of aryl methyl sites for hydroxylation is 1. The summed E-state index contributed by atoms with van der Waals surface area (Å²) in [5, 5.41) is 12.3. The average Bonchev–Trinajstić information content (AvgIpc) is 3.40. The number of hydrogen-bond acceptors (Lipinski definition) is 7. The van der Waals surface area contributed by atoms with Crippen LogP contribution in [-0.4, -0.2) is 44.7 Å². The average molecular weight is 591 g/mol. The number of allylic oxidation sites excluding steroid dienone is 2. The Labute approximate surface area is 253 Å².